The first-order valence-electron chi connectivity index (χ1n) is 6.19. The molecule has 0 amide bonds. The summed E-state index contributed by atoms with van der Waals surface area (Å²) in [5.41, 5.74) is 2.63. The summed E-state index contributed by atoms with van der Waals surface area (Å²) >= 11 is 0. The average Bonchev–Trinajstić information content (AvgIpc) is 2.40. The van der Waals surface area contributed by atoms with Crippen LogP contribution in [0.2, 0.25) is 0 Å². The number of hydrogen-bond acceptors (Lipinski definition) is 4. The summed E-state index contributed by atoms with van der Waals surface area (Å²) in [6.07, 6.45) is 2.27. The minimum Gasteiger partial charge on any atom is -0.463 e. The Morgan fingerprint density at radius 3 is 3.11 bits per heavy atom. The lowest BCUT2D eigenvalue weighted by Gasteiger charge is -2.21. The van der Waals surface area contributed by atoms with Gasteiger partial charge in [-0.3, -0.25) is 0 Å². The highest BCUT2D eigenvalue weighted by Gasteiger charge is 2.16. The average molecular weight is 265 g/mol. The summed E-state index contributed by atoms with van der Waals surface area (Å²) in [6.45, 7) is 1.97. The van der Waals surface area contributed by atoms with Gasteiger partial charge >= 0.3 is 5.97 Å². The molecule has 0 unspecified atom stereocenters. The van der Waals surface area contributed by atoms with Gasteiger partial charge in [-0.15, -0.1) is 0 Å². The van der Waals surface area contributed by atoms with Gasteiger partial charge in [0.05, 0.1) is 6.61 Å². The highest BCUT2D eigenvalue weighted by molar-refractivity contribution is 5.91. The Balaban J connectivity index is 2.31. The van der Waals surface area contributed by atoms with E-state index in [0.29, 0.717) is 18.1 Å². The minimum absolute atomic E-state index is 0.334. The molecule has 0 radical (unpaired) electrons. The van der Waals surface area contributed by atoms with Crippen LogP contribution in [0.4, 0.5) is 4.39 Å². The normalized spacial score (nSPS) is 15.6. The lowest BCUT2D eigenvalue weighted by molar-refractivity contribution is -0.137. The second kappa shape index (κ2) is 6.22. The van der Waals surface area contributed by atoms with Crippen molar-refractivity contribution in [3.8, 4) is 5.75 Å². The number of halogens is 1. The maximum Gasteiger partial charge on any atom is 0.332 e. The quantitative estimate of drug-likeness (QED) is 0.668. The van der Waals surface area contributed by atoms with Gasteiger partial charge in [-0.1, -0.05) is 6.07 Å². The third-order valence-electron chi connectivity index (χ3n) is 2.85. The molecule has 1 aromatic carbocycles. The third-order valence-corrected chi connectivity index (χ3v) is 2.85. The minimum atomic E-state index is -0.872. The van der Waals surface area contributed by atoms with Crippen molar-refractivity contribution in [3.05, 3.63) is 35.4 Å². The standard InChI is InChI=1S/C14H16FNO3/c1-2-18-14(17)8-13-12-7-11(19-9-15)4-3-10(12)5-6-16-13/h3-4,7-8,16H,2,5-6,9H2,1H3. The van der Waals surface area contributed by atoms with E-state index in [1.54, 1.807) is 19.1 Å². The van der Waals surface area contributed by atoms with Crippen LogP contribution in [0.1, 0.15) is 18.1 Å². The maximum atomic E-state index is 12.2. The molecule has 0 spiro atoms. The molecule has 1 heterocycles. The highest BCUT2D eigenvalue weighted by atomic mass is 19.1. The zero-order valence-corrected chi connectivity index (χ0v) is 10.7. The van der Waals surface area contributed by atoms with Crippen molar-refractivity contribution in [1.82, 2.24) is 5.32 Å². The summed E-state index contributed by atoms with van der Waals surface area (Å²) in [4.78, 5) is 11.5. The number of esters is 1. The second-order valence-electron chi connectivity index (χ2n) is 4.06. The fourth-order valence-corrected chi connectivity index (χ4v) is 2.03. The largest absolute Gasteiger partial charge is 0.463 e. The highest BCUT2D eigenvalue weighted by Crippen LogP contribution is 2.26. The number of carbonyl (C=O) groups is 1. The number of ether oxygens (including phenoxy) is 2. The number of fused-ring (bicyclic) bond motifs is 1. The first-order chi connectivity index (χ1) is 9.24. The van der Waals surface area contributed by atoms with E-state index < -0.39 is 12.8 Å². The zero-order valence-electron chi connectivity index (χ0n) is 10.7. The summed E-state index contributed by atoms with van der Waals surface area (Å²) in [5.74, 6) is 0.0503. The summed E-state index contributed by atoms with van der Waals surface area (Å²) in [7, 11) is 0. The first kappa shape index (κ1) is 13.4. The number of alkyl halides is 1. The van der Waals surface area contributed by atoms with Crippen molar-refractivity contribution < 1.29 is 18.7 Å². The van der Waals surface area contributed by atoms with Crippen LogP contribution in [0.5, 0.6) is 5.75 Å². The monoisotopic (exact) mass is 265 g/mol. The zero-order chi connectivity index (χ0) is 13.7. The molecule has 1 aliphatic heterocycles. The number of hydrogen-bond donors (Lipinski definition) is 1. The molecule has 0 saturated carbocycles. The molecule has 0 fully saturated rings. The number of nitrogens with one attached hydrogen (secondary N) is 1. The van der Waals surface area contributed by atoms with Crippen LogP contribution in [-0.4, -0.2) is 26.0 Å². The fraction of sp³-hybridized carbons (Fsp3) is 0.357. The van der Waals surface area contributed by atoms with Crippen LogP contribution in [0.3, 0.4) is 0 Å². The van der Waals surface area contributed by atoms with Gasteiger partial charge in [-0.2, -0.15) is 0 Å². The van der Waals surface area contributed by atoms with Gasteiger partial charge in [0, 0.05) is 23.9 Å². The molecule has 5 heteroatoms. The molecule has 0 aliphatic carbocycles. The smallest absolute Gasteiger partial charge is 0.332 e. The molecule has 0 bridgehead atoms. The van der Waals surface area contributed by atoms with E-state index in [1.165, 1.54) is 6.08 Å². The molecule has 0 saturated heterocycles. The molecule has 0 aromatic heterocycles. The van der Waals surface area contributed by atoms with E-state index in [-0.39, 0.29) is 0 Å². The predicted octanol–water partition coefficient (Wildman–Crippen LogP) is 2.04. The van der Waals surface area contributed by atoms with E-state index in [4.69, 9.17) is 9.47 Å². The van der Waals surface area contributed by atoms with Crippen molar-refractivity contribution >= 4 is 11.7 Å². The van der Waals surface area contributed by atoms with Crippen molar-refractivity contribution in [2.24, 2.45) is 0 Å². The van der Waals surface area contributed by atoms with Crippen molar-refractivity contribution in [2.45, 2.75) is 13.3 Å². The topological polar surface area (TPSA) is 47.6 Å². The summed E-state index contributed by atoms with van der Waals surface area (Å²) in [6, 6.07) is 5.35. The summed E-state index contributed by atoms with van der Waals surface area (Å²) < 4.78 is 21.9. The molecule has 19 heavy (non-hydrogen) atoms. The Kier molecular flexibility index (Phi) is 4.39. The van der Waals surface area contributed by atoms with Gasteiger partial charge in [-0.05, 0) is 31.0 Å². The Morgan fingerprint density at radius 1 is 1.53 bits per heavy atom. The van der Waals surface area contributed by atoms with Gasteiger partial charge in [0.1, 0.15) is 5.75 Å². The molecular weight excluding hydrogens is 249 g/mol. The van der Waals surface area contributed by atoms with Crippen LogP contribution in [-0.2, 0) is 16.0 Å². The Morgan fingerprint density at radius 2 is 2.37 bits per heavy atom. The SMILES string of the molecule is CCOC(=O)C=C1NCCc2ccc(OCF)cc21. The summed E-state index contributed by atoms with van der Waals surface area (Å²) in [5, 5.41) is 3.14. The maximum absolute atomic E-state index is 12.2. The van der Waals surface area contributed by atoms with Crippen LogP contribution in [0, 0.1) is 0 Å². The Hall–Kier alpha value is -2.04. The number of benzene rings is 1. The molecule has 2 rings (SSSR count). The Labute approximate surface area is 111 Å². The lowest BCUT2D eigenvalue weighted by atomic mass is 9.97. The molecular formula is C14H16FNO3. The Bertz CT molecular complexity index is 499. The molecule has 1 N–H and O–H groups in total. The molecule has 1 aliphatic rings. The van der Waals surface area contributed by atoms with Crippen LogP contribution in [0.15, 0.2) is 24.3 Å². The van der Waals surface area contributed by atoms with E-state index in [0.717, 1.165) is 24.1 Å². The van der Waals surface area contributed by atoms with Crippen LogP contribution >= 0.6 is 0 Å². The van der Waals surface area contributed by atoms with E-state index in [9.17, 15) is 9.18 Å². The van der Waals surface area contributed by atoms with Crippen molar-refractivity contribution in [3.63, 3.8) is 0 Å². The van der Waals surface area contributed by atoms with Crippen molar-refractivity contribution in [2.75, 3.05) is 20.0 Å². The van der Waals surface area contributed by atoms with E-state index in [2.05, 4.69) is 5.32 Å². The first-order valence-corrected chi connectivity index (χ1v) is 6.19. The van der Waals surface area contributed by atoms with Gasteiger partial charge in [0.15, 0.2) is 0 Å². The van der Waals surface area contributed by atoms with Crippen molar-refractivity contribution in [1.29, 1.82) is 0 Å². The van der Waals surface area contributed by atoms with Gasteiger partial charge in [0.25, 0.3) is 0 Å². The predicted molar refractivity (Wildman–Crippen MR) is 69.4 cm³/mol. The molecule has 1 aromatic rings. The lowest BCUT2D eigenvalue weighted by Crippen LogP contribution is -2.23. The third kappa shape index (κ3) is 3.24. The molecule has 4 nitrogen and oxygen atoms in total. The van der Waals surface area contributed by atoms with Crippen LogP contribution in [0.25, 0.3) is 5.70 Å². The van der Waals surface area contributed by atoms with Gasteiger partial charge in [-0.25, -0.2) is 9.18 Å². The van der Waals surface area contributed by atoms with Gasteiger partial charge < -0.3 is 14.8 Å². The fourth-order valence-electron chi connectivity index (χ4n) is 2.03. The molecule has 0 atom stereocenters. The number of carbonyl (C=O) groups excluding carboxylic acids is 1. The van der Waals surface area contributed by atoms with Gasteiger partial charge in [0.2, 0.25) is 6.86 Å². The van der Waals surface area contributed by atoms with E-state index >= 15 is 0 Å². The molecule has 102 valence electrons. The van der Waals surface area contributed by atoms with E-state index in [1.807, 2.05) is 6.07 Å². The second-order valence-corrected chi connectivity index (χ2v) is 4.06. The number of rotatable bonds is 4. The van der Waals surface area contributed by atoms with Crippen LogP contribution < -0.4 is 10.1 Å².